The van der Waals surface area contributed by atoms with Gasteiger partial charge in [-0.2, -0.15) is 5.10 Å². The molecule has 3 heterocycles. The van der Waals surface area contributed by atoms with Crippen LogP contribution in [0.5, 0.6) is 11.5 Å². The Balaban J connectivity index is 1.93. The van der Waals surface area contributed by atoms with Crippen molar-refractivity contribution in [2.24, 2.45) is 7.05 Å². The number of nitrogens with zero attached hydrogens (tertiary/aromatic N) is 4. The summed E-state index contributed by atoms with van der Waals surface area (Å²) in [6.07, 6.45) is 3.48. The van der Waals surface area contributed by atoms with Crippen molar-refractivity contribution in [3.05, 3.63) is 42.7 Å². The van der Waals surface area contributed by atoms with E-state index in [2.05, 4.69) is 20.1 Å². The van der Waals surface area contributed by atoms with E-state index in [4.69, 9.17) is 4.74 Å². The van der Waals surface area contributed by atoms with E-state index >= 15 is 0 Å². The van der Waals surface area contributed by atoms with Crippen LogP contribution >= 0.6 is 0 Å². The Kier molecular flexibility index (Phi) is 3.19. The number of methoxy groups -OCH3 is 1. The van der Waals surface area contributed by atoms with E-state index in [1.807, 2.05) is 19.2 Å². The summed E-state index contributed by atoms with van der Waals surface area (Å²) in [6.45, 7) is 0. The Bertz CT molecular complexity index is 1020. The highest BCUT2D eigenvalue weighted by Gasteiger charge is 2.18. The van der Waals surface area contributed by atoms with Gasteiger partial charge >= 0.3 is 0 Å². The maximum atomic E-state index is 9.78. The van der Waals surface area contributed by atoms with Gasteiger partial charge in [0.25, 0.3) is 0 Å². The molecule has 0 aliphatic carbocycles. The molecule has 120 valence electrons. The van der Waals surface area contributed by atoms with Crippen molar-refractivity contribution >= 4 is 11.2 Å². The molecule has 0 fully saturated rings. The zero-order valence-corrected chi connectivity index (χ0v) is 13.2. The van der Waals surface area contributed by atoms with Crippen molar-refractivity contribution < 1.29 is 9.84 Å². The van der Waals surface area contributed by atoms with Gasteiger partial charge in [0.15, 0.2) is 5.65 Å². The Morgan fingerprint density at radius 2 is 2.12 bits per heavy atom. The maximum absolute atomic E-state index is 9.78. The SMILES string of the molecule is COc1ccc(O)cc1-c1nc2c([nH]1)c(-c1cccnc1)nn2C. The van der Waals surface area contributed by atoms with Crippen LogP contribution in [0.25, 0.3) is 33.8 Å². The molecule has 7 nitrogen and oxygen atoms in total. The Morgan fingerprint density at radius 1 is 1.25 bits per heavy atom. The van der Waals surface area contributed by atoms with Crippen LogP contribution < -0.4 is 4.74 Å². The molecule has 0 atom stereocenters. The van der Waals surface area contributed by atoms with Gasteiger partial charge in [0.1, 0.15) is 28.5 Å². The molecular formula is C17H15N5O2. The fourth-order valence-corrected chi connectivity index (χ4v) is 2.72. The zero-order valence-electron chi connectivity index (χ0n) is 13.2. The quantitative estimate of drug-likeness (QED) is 0.605. The van der Waals surface area contributed by atoms with Crippen molar-refractivity contribution in [3.63, 3.8) is 0 Å². The highest BCUT2D eigenvalue weighted by molar-refractivity contribution is 5.90. The number of nitrogens with one attached hydrogen (secondary N) is 1. The highest BCUT2D eigenvalue weighted by Crippen LogP contribution is 2.34. The summed E-state index contributed by atoms with van der Waals surface area (Å²) in [4.78, 5) is 12.0. The minimum atomic E-state index is 0.150. The minimum absolute atomic E-state index is 0.150. The Labute approximate surface area is 137 Å². The van der Waals surface area contributed by atoms with E-state index in [0.29, 0.717) is 22.8 Å². The summed E-state index contributed by atoms with van der Waals surface area (Å²) in [7, 11) is 3.42. The first kappa shape index (κ1) is 14.3. The third-order valence-corrected chi connectivity index (χ3v) is 3.85. The smallest absolute Gasteiger partial charge is 0.177 e. The monoisotopic (exact) mass is 321 g/mol. The van der Waals surface area contributed by atoms with Crippen molar-refractivity contribution in [2.45, 2.75) is 0 Å². The number of ether oxygens (including phenoxy) is 1. The molecule has 0 unspecified atom stereocenters. The molecule has 2 N–H and O–H groups in total. The van der Waals surface area contributed by atoms with Gasteiger partial charge in [-0.1, -0.05) is 0 Å². The van der Waals surface area contributed by atoms with Gasteiger partial charge in [-0.3, -0.25) is 4.98 Å². The number of aryl methyl sites for hydroxylation is 1. The lowest BCUT2D eigenvalue weighted by atomic mass is 10.2. The van der Waals surface area contributed by atoms with Gasteiger partial charge in [0, 0.05) is 25.0 Å². The van der Waals surface area contributed by atoms with Gasteiger partial charge in [0.2, 0.25) is 0 Å². The zero-order chi connectivity index (χ0) is 16.7. The van der Waals surface area contributed by atoms with E-state index in [1.165, 1.54) is 0 Å². The Morgan fingerprint density at radius 3 is 2.88 bits per heavy atom. The normalized spacial score (nSPS) is 11.1. The number of fused-ring (bicyclic) bond motifs is 1. The first-order valence-corrected chi connectivity index (χ1v) is 7.38. The number of pyridine rings is 1. The molecule has 0 aliphatic rings. The standard InChI is InChI=1S/C17H15N5O2/c1-22-17-15(14(21-22)10-4-3-7-18-9-10)19-16(20-17)12-8-11(23)5-6-13(12)24-2/h3-9,23H,1-2H3,(H,19,20). The maximum Gasteiger partial charge on any atom is 0.177 e. The number of phenols is 1. The summed E-state index contributed by atoms with van der Waals surface area (Å²) in [5.41, 5.74) is 3.89. The topological polar surface area (TPSA) is 88.8 Å². The number of phenolic OH excluding ortho intramolecular Hbond substituents is 1. The van der Waals surface area contributed by atoms with Crippen LogP contribution in [-0.4, -0.2) is 36.9 Å². The second-order valence-corrected chi connectivity index (χ2v) is 5.38. The molecule has 3 aromatic heterocycles. The number of imidazole rings is 1. The third kappa shape index (κ3) is 2.18. The van der Waals surface area contributed by atoms with Crippen LogP contribution in [0.1, 0.15) is 0 Å². The molecule has 1 aromatic carbocycles. The third-order valence-electron chi connectivity index (χ3n) is 3.85. The molecule has 24 heavy (non-hydrogen) atoms. The number of benzene rings is 1. The number of hydrogen-bond donors (Lipinski definition) is 2. The summed E-state index contributed by atoms with van der Waals surface area (Å²) in [6, 6.07) is 8.72. The Hall–Kier alpha value is -3.35. The number of H-pyrrole nitrogens is 1. The average molecular weight is 321 g/mol. The molecule has 7 heteroatoms. The summed E-state index contributed by atoms with van der Waals surface area (Å²) in [5, 5.41) is 14.3. The van der Waals surface area contributed by atoms with E-state index in [1.54, 1.807) is 42.4 Å². The highest BCUT2D eigenvalue weighted by atomic mass is 16.5. The van der Waals surface area contributed by atoms with Crippen LogP contribution in [0.2, 0.25) is 0 Å². The van der Waals surface area contributed by atoms with Gasteiger partial charge in [-0.05, 0) is 30.3 Å². The molecule has 0 aliphatic heterocycles. The van der Waals surface area contributed by atoms with Crippen LogP contribution in [-0.2, 0) is 7.05 Å². The second-order valence-electron chi connectivity index (χ2n) is 5.38. The molecule has 0 saturated carbocycles. The summed E-state index contributed by atoms with van der Waals surface area (Å²) in [5.74, 6) is 1.38. The van der Waals surface area contributed by atoms with Crippen molar-refractivity contribution in [1.29, 1.82) is 0 Å². The van der Waals surface area contributed by atoms with Crippen molar-refractivity contribution in [3.8, 4) is 34.1 Å². The van der Waals surface area contributed by atoms with Gasteiger partial charge < -0.3 is 14.8 Å². The van der Waals surface area contributed by atoms with Gasteiger partial charge in [0.05, 0.1) is 12.7 Å². The molecule has 0 radical (unpaired) electrons. The second kappa shape index (κ2) is 5.38. The minimum Gasteiger partial charge on any atom is -0.508 e. The van der Waals surface area contributed by atoms with E-state index in [0.717, 1.165) is 16.8 Å². The van der Waals surface area contributed by atoms with Crippen LogP contribution in [0.15, 0.2) is 42.7 Å². The first-order valence-electron chi connectivity index (χ1n) is 7.38. The van der Waals surface area contributed by atoms with E-state index in [-0.39, 0.29) is 5.75 Å². The molecular weight excluding hydrogens is 306 g/mol. The first-order chi connectivity index (χ1) is 11.7. The molecule has 4 aromatic rings. The number of aromatic hydroxyl groups is 1. The fraction of sp³-hybridized carbons (Fsp3) is 0.118. The van der Waals surface area contributed by atoms with Crippen LogP contribution in [0.3, 0.4) is 0 Å². The van der Waals surface area contributed by atoms with E-state index < -0.39 is 0 Å². The number of rotatable bonds is 3. The predicted molar refractivity (Wildman–Crippen MR) is 89.7 cm³/mol. The van der Waals surface area contributed by atoms with Gasteiger partial charge in [-0.15, -0.1) is 0 Å². The predicted octanol–water partition coefficient (Wildman–Crippen LogP) is 2.74. The molecule has 4 rings (SSSR count). The molecule has 0 amide bonds. The van der Waals surface area contributed by atoms with Crippen LogP contribution in [0, 0.1) is 0 Å². The average Bonchev–Trinajstić information content (AvgIpc) is 3.16. The molecule has 0 bridgehead atoms. The van der Waals surface area contributed by atoms with Crippen molar-refractivity contribution in [1.82, 2.24) is 24.7 Å². The fourth-order valence-electron chi connectivity index (χ4n) is 2.72. The van der Waals surface area contributed by atoms with Gasteiger partial charge in [-0.25, -0.2) is 9.67 Å². The largest absolute Gasteiger partial charge is 0.508 e. The van der Waals surface area contributed by atoms with Crippen LogP contribution in [0.4, 0.5) is 0 Å². The lowest BCUT2D eigenvalue weighted by Crippen LogP contribution is -1.93. The lowest BCUT2D eigenvalue weighted by Gasteiger charge is -2.06. The number of hydrogen-bond acceptors (Lipinski definition) is 5. The number of aromatic nitrogens is 5. The molecule has 0 saturated heterocycles. The lowest BCUT2D eigenvalue weighted by molar-refractivity contribution is 0.413. The summed E-state index contributed by atoms with van der Waals surface area (Å²) >= 11 is 0. The van der Waals surface area contributed by atoms with E-state index in [9.17, 15) is 5.11 Å². The number of aromatic amines is 1. The molecule has 0 spiro atoms. The summed E-state index contributed by atoms with van der Waals surface area (Å²) < 4.78 is 7.08. The van der Waals surface area contributed by atoms with Crippen molar-refractivity contribution in [2.75, 3.05) is 7.11 Å².